The molecule has 0 unspecified atom stereocenters. The molecule has 156 valence electrons. The number of hydrogen-bond acceptors (Lipinski definition) is 2. The van der Waals surface area contributed by atoms with E-state index in [2.05, 4.69) is 48.7 Å². The largest absolute Gasteiger partial charge is 0.370 e. The minimum Gasteiger partial charge on any atom is -0.370 e. The topological polar surface area (TPSA) is 59.4 Å². The summed E-state index contributed by atoms with van der Waals surface area (Å²) in [7, 11) is 0. The number of nitrogens with one attached hydrogen (secondary N) is 2. The zero-order chi connectivity index (χ0) is 20.6. The molecule has 5 nitrogen and oxygen atoms in total. The van der Waals surface area contributed by atoms with Crippen molar-refractivity contribution in [2.24, 2.45) is 0 Å². The Bertz CT molecular complexity index is 763. The van der Waals surface area contributed by atoms with Gasteiger partial charge in [0.1, 0.15) is 25.2 Å². The predicted molar refractivity (Wildman–Crippen MR) is 115 cm³/mol. The van der Waals surface area contributed by atoms with Crippen LogP contribution in [0.1, 0.15) is 37.1 Å². The Hall–Kier alpha value is -1.92. The van der Waals surface area contributed by atoms with Crippen molar-refractivity contribution in [3.05, 3.63) is 70.7 Å². The lowest BCUT2D eigenvalue weighted by Crippen LogP contribution is -3.15. The first-order valence-corrected chi connectivity index (χ1v) is 10.8. The van der Waals surface area contributed by atoms with Crippen molar-refractivity contribution in [1.29, 1.82) is 0 Å². The van der Waals surface area contributed by atoms with Crippen molar-refractivity contribution in [1.82, 2.24) is 5.32 Å². The van der Waals surface area contributed by atoms with Crippen LogP contribution in [0.2, 0.25) is 5.02 Å². The van der Waals surface area contributed by atoms with Gasteiger partial charge in [-0.05, 0) is 26.0 Å². The molecule has 1 fully saturated rings. The first kappa shape index (κ1) is 21.8. The molecule has 0 bridgehead atoms. The van der Waals surface area contributed by atoms with Gasteiger partial charge in [0.05, 0.1) is 19.3 Å². The fourth-order valence-electron chi connectivity index (χ4n) is 4.07. The number of quaternary nitrogens is 2. The van der Waals surface area contributed by atoms with Crippen LogP contribution >= 0.6 is 11.6 Å². The first-order chi connectivity index (χ1) is 14.0. The fraction of sp³-hybridized carbons (Fsp3) is 0.435. The summed E-state index contributed by atoms with van der Waals surface area (Å²) in [5.74, 6) is 0.0619. The zero-order valence-corrected chi connectivity index (χ0v) is 18.0. The summed E-state index contributed by atoms with van der Waals surface area (Å²) in [4.78, 5) is 14.1. The maximum absolute atomic E-state index is 12.7. The molecular weight excluding hydrogens is 386 g/mol. The number of hydrogen-bond donors (Lipinski definition) is 3. The van der Waals surface area contributed by atoms with Crippen molar-refractivity contribution < 1.29 is 19.7 Å². The highest BCUT2D eigenvalue weighted by Crippen LogP contribution is 2.15. The van der Waals surface area contributed by atoms with Crippen LogP contribution in [0.5, 0.6) is 0 Å². The summed E-state index contributed by atoms with van der Waals surface area (Å²) in [6, 6.07) is 18.7. The average molecular weight is 418 g/mol. The van der Waals surface area contributed by atoms with Gasteiger partial charge in [-0.2, -0.15) is 0 Å². The van der Waals surface area contributed by atoms with Gasteiger partial charge in [0.25, 0.3) is 5.91 Å². The highest BCUT2D eigenvalue weighted by atomic mass is 35.5. The Morgan fingerprint density at radius 3 is 2.38 bits per heavy atom. The number of carbonyl (C=O) groups excluding carboxylic acids is 1. The number of ether oxygens (including phenoxy) is 1. The highest BCUT2D eigenvalue weighted by Gasteiger charge is 2.32. The Morgan fingerprint density at radius 1 is 1.07 bits per heavy atom. The van der Waals surface area contributed by atoms with Gasteiger partial charge in [-0.25, -0.2) is 0 Å². The molecule has 1 amide bonds. The lowest BCUT2D eigenvalue weighted by atomic mass is 9.98. The number of rotatable bonds is 8. The molecular formula is C23H32ClN3O2+2. The van der Waals surface area contributed by atoms with E-state index in [1.54, 1.807) is 0 Å². The zero-order valence-electron chi connectivity index (χ0n) is 17.2. The molecule has 0 aromatic heterocycles. The van der Waals surface area contributed by atoms with Crippen LogP contribution in [-0.4, -0.2) is 44.8 Å². The molecule has 1 aliphatic heterocycles. The third-order valence-electron chi connectivity index (χ3n) is 5.67. The summed E-state index contributed by atoms with van der Waals surface area (Å²) in [6.07, 6.45) is 0. The van der Waals surface area contributed by atoms with Crippen LogP contribution < -0.4 is 15.5 Å². The van der Waals surface area contributed by atoms with Gasteiger partial charge >= 0.3 is 0 Å². The van der Waals surface area contributed by atoms with Crippen molar-refractivity contribution >= 4 is 17.5 Å². The van der Waals surface area contributed by atoms with Gasteiger partial charge in [0.15, 0.2) is 6.54 Å². The van der Waals surface area contributed by atoms with E-state index in [0.29, 0.717) is 6.54 Å². The minimum atomic E-state index is 0.0391. The molecule has 0 saturated carbocycles. The molecule has 0 spiro atoms. The van der Waals surface area contributed by atoms with Crippen molar-refractivity contribution in [3.8, 4) is 0 Å². The molecule has 29 heavy (non-hydrogen) atoms. The third-order valence-corrected chi connectivity index (χ3v) is 5.93. The molecule has 1 aliphatic rings. The van der Waals surface area contributed by atoms with E-state index < -0.39 is 0 Å². The fourth-order valence-corrected chi connectivity index (χ4v) is 4.19. The molecule has 2 aromatic rings. The molecule has 3 atom stereocenters. The average Bonchev–Trinajstić information content (AvgIpc) is 2.74. The van der Waals surface area contributed by atoms with E-state index in [4.69, 9.17) is 16.3 Å². The maximum Gasteiger partial charge on any atom is 0.275 e. The Balaban J connectivity index is 1.58. The molecule has 0 aliphatic carbocycles. The van der Waals surface area contributed by atoms with E-state index in [9.17, 15) is 4.79 Å². The van der Waals surface area contributed by atoms with Gasteiger partial charge in [0.2, 0.25) is 0 Å². The quantitative estimate of drug-likeness (QED) is 0.603. The van der Waals surface area contributed by atoms with Gasteiger partial charge in [-0.3, -0.25) is 4.79 Å². The second-order valence-electron chi connectivity index (χ2n) is 7.80. The van der Waals surface area contributed by atoms with E-state index in [-0.39, 0.29) is 24.0 Å². The highest BCUT2D eigenvalue weighted by molar-refractivity contribution is 6.30. The Labute approximate surface area is 178 Å². The summed E-state index contributed by atoms with van der Waals surface area (Å²) in [5, 5.41) is 6.03. The lowest BCUT2D eigenvalue weighted by Gasteiger charge is -2.35. The molecule has 1 heterocycles. The molecule has 6 heteroatoms. The third kappa shape index (κ3) is 6.28. The van der Waals surface area contributed by atoms with Crippen LogP contribution in [0.15, 0.2) is 54.6 Å². The van der Waals surface area contributed by atoms with E-state index in [1.165, 1.54) is 10.5 Å². The van der Waals surface area contributed by atoms with Crippen LogP contribution in [0.25, 0.3) is 0 Å². The Morgan fingerprint density at radius 2 is 1.72 bits per heavy atom. The normalized spacial score (nSPS) is 18.0. The number of morpholine rings is 1. The predicted octanol–water partition coefficient (Wildman–Crippen LogP) is 1.13. The second kappa shape index (κ2) is 10.7. The van der Waals surface area contributed by atoms with Crippen LogP contribution in [-0.2, 0) is 9.53 Å². The van der Waals surface area contributed by atoms with E-state index in [1.807, 2.05) is 30.3 Å². The second-order valence-corrected chi connectivity index (χ2v) is 8.23. The number of carbonyl (C=O) groups is 1. The van der Waals surface area contributed by atoms with Gasteiger partial charge in [0, 0.05) is 16.1 Å². The number of halogens is 1. The van der Waals surface area contributed by atoms with Gasteiger partial charge < -0.3 is 20.3 Å². The molecule has 0 radical (unpaired) electrons. The molecule has 4 N–H and O–H groups in total. The van der Waals surface area contributed by atoms with Crippen LogP contribution in [0.4, 0.5) is 0 Å². The van der Waals surface area contributed by atoms with Crippen LogP contribution in [0.3, 0.4) is 0 Å². The van der Waals surface area contributed by atoms with Crippen molar-refractivity contribution in [2.45, 2.75) is 32.0 Å². The van der Waals surface area contributed by atoms with Gasteiger partial charge in [-0.1, -0.05) is 54.1 Å². The van der Waals surface area contributed by atoms with E-state index >= 15 is 0 Å². The standard InChI is InChI=1S/C23H30ClN3O2/c1-17(19-8-10-21(24)11-9-19)25-16-22(28)26-18(2)23(20-6-4-3-5-7-20)27-12-14-29-15-13-27/h3-11,17-18,23,25H,12-16H2,1-2H3,(H,26,28)/p+2/t17-,18+,23+/m1/s1. The van der Waals surface area contributed by atoms with E-state index in [0.717, 1.165) is 36.9 Å². The smallest absolute Gasteiger partial charge is 0.275 e. The SMILES string of the molecule is C[C@H](NC(=O)C[NH2+][C@H](C)c1ccc(Cl)cc1)[C@@H](c1ccccc1)[NH+]1CCOCC1. The maximum atomic E-state index is 12.7. The summed E-state index contributed by atoms with van der Waals surface area (Å²) >= 11 is 5.96. The number of nitrogens with two attached hydrogens (primary N) is 1. The summed E-state index contributed by atoms with van der Waals surface area (Å²) in [5.41, 5.74) is 2.42. The lowest BCUT2D eigenvalue weighted by molar-refractivity contribution is -0.940. The molecule has 2 aromatic carbocycles. The van der Waals surface area contributed by atoms with Crippen molar-refractivity contribution in [3.63, 3.8) is 0 Å². The summed E-state index contributed by atoms with van der Waals surface area (Å²) < 4.78 is 5.54. The minimum absolute atomic E-state index is 0.0391. The molecule has 1 saturated heterocycles. The first-order valence-electron chi connectivity index (χ1n) is 10.4. The summed E-state index contributed by atoms with van der Waals surface area (Å²) in [6.45, 7) is 8.07. The number of amides is 1. The van der Waals surface area contributed by atoms with Crippen LogP contribution in [0, 0.1) is 0 Å². The molecule has 3 rings (SSSR count). The number of benzene rings is 2. The van der Waals surface area contributed by atoms with Gasteiger partial charge in [-0.15, -0.1) is 0 Å². The Kier molecular flexibility index (Phi) is 8.07. The van der Waals surface area contributed by atoms with Crippen molar-refractivity contribution in [2.75, 3.05) is 32.8 Å². The monoisotopic (exact) mass is 417 g/mol.